The van der Waals surface area contributed by atoms with Gasteiger partial charge in [-0.15, -0.1) is 11.3 Å². The van der Waals surface area contributed by atoms with Crippen molar-refractivity contribution in [1.29, 1.82) is 0 Å². The fourth-order valence-corrected chi connectivity index (χ4v) is 4.64. The molecule has 6 heteroatoms. The van der Waals surface area contributed by atoms with Crippen molar-refractivity contribution in [2.24, 2.45) is 0 Å². The van der Waals surface area contributed by atoms with Gasteiger partial charge in [0.15, 0.2) is 0 Å². The Morgan fingerprint density at radius 3 is 2.88 bits per heavy atom. The van der Waals surface area contributed by atoms with E-state index in [9.17, 15) is 13.2 Å². The molecule has 2 heterocycles. The van der Waals surface area contributed by atoms with Crippen LogP contribution in [0.4, 0.5) is 0 Å². The lowest BCUT2D eigenvalue weighted by molar-refractivity contribution is -0.111. The van der Waals surface area contributed by atoms with Crippen LogP contribution in [0.15, 0.2) is 21.7 Å². The summed E-state index contributed by atoms with van der Waals surface area (Å²) in [6, 6.07) is 2.80. The summed E-state index contributed by atoms with van der Waals surface area (Å²) in [5, 5.41) is 1.73. The number of sulfonamides is 1. The van der Waals surface area contributed by atoms with Crippen molar-refractivity contribution in [2.75, 3.05) is 6.54 Å². The zero-order valence-corrected chi connectivity index (χ0v) is 10.3. The van der Waals surface area contributed by atoms with Crippen LogP contribution < -0.4 is 0 Å². The molecular formula is C10H13NO3S2. The van der Waals surface area contributed by atoms with E-state index in [1.807, 2.05) is 0 Å². The molecule has 1 fully saturated rings. The summed E-state index contributed by atoms with van der Waals surface area (Å²) >= 11 is 1.19. The van der Waals surface area contributed by atoms with Gasteiger partial charge in [-0.25, -0.2) is 8.42 Å². The summed E-state index contributed by atoms with van der Waals surface area (Å²) in [7, 11) is -3.46. The van der Waals surface area contributed by atoms with Gasteiger partial charge in [-0.05, 0) is 24.3 Å². The molecule has 1 atom stereocenters. The van der Waals surface area contributed by atoms with Gasteiger partial charge >= 0.3 is 0 Å². The van der Waals surface area contributed by atoms with Gasteiger partial charge in [0.2, 0.25) is 0 Å². The first kappa shape index (κ1) is 11.8. The second-order valence-electron chi connectivity index (χ2n) is 3.75. The van der Waals surface area contributed by atoms with E-state index in [0.29, 0.717) is 17.2 Å². The number of nitrogens with zero attached hydrogens (tertiary/aromatic N) is 1. The minimum Gasteiger partial charge on any atom is -0.302 e. The highest BCUT2D eigenvalue weighted by atomic mass is 32.2. The molecule has 4 nitrogen and oxygen atoms in total. The Morgan fingerprint density at radius 2 is 2.25 bits per heavy atom. The van der Waals surface area contributed by atoms with Crippen molar-refractivity contribution in [3.63, 3.8) is 0 Å². The van der Waals surface area contributed by atoms with Crippen LogP contribution in [0.3, 0.4) is 0 Å². The summed E-state index contributed by atoms with van der Waals surface area (Å²) in [4.78, 5) is 10.9. The molecule has 1 aliphatic heterocycles. The van der Waals surface area contributed by atoms with Crippen molar-refractivity contribution in [3.05, 3.63) is 17.5 Å². The quantitative estimate of drug-likeness (QED) is 0.773. The van der Waals surface area contributed by atoms with E-state index in [1.54, 1.807) is 17.5 Å². The third kappa shape index (κ3) is 2.05. The molecule has 2 rings (SSSR count). The maximum atomic E-state index is 12.2. The van der Waals surface area contributed by atoms with Gasteiger partial charge in [0.1, 0.15) is 10.5 Å². The van der Waals surface area contributed by atoms with Gasteiger partial charge in [0, 0.05) is 6.54 Å². The highest BCUT2D eigenvalue weighted by molar-refractivity contribution is 7.91. The topological polar surface area (TPSA) is 54.5 Å². The Hall–Kier alpha value is -0.720. The first-order valence-corrected chi connectivity index (χ1v) is 7.49. The van der Waals surface area contributed by atoms with Crippen LogP contribution in [-0.2, 0) is 14.8 Å². The predicted molar refractivity (Wildman–Crippen MR) is 61.9 cm³/mol. The smallest absolute Gasteiger partial charge is 0.253 e. The van der Waals surface area contributed by atoms with E-state index in [0.717, 1.165) is 19.1 Å². The maximum Gasteiger partial charge on any atom is 0.253 e. The lowest BCUT2D eigenvalue weighted by Crippen LogP contribution is -2.44. The third-order valence-corrected chi connectivity index (χ3v) is 6.01. The summed E-state index contributed by atoms with van der Waals surface area (Å²) < 4.78 is 26.0. The largest absolute Gasteiger partial charge is 0.302 e. The summed E-state index contributed by atoms with van der Waals surface area (Å²) in [5.74, 6) is 0. The van der Waals surface area contributed by atoms with E-state index >= 15 is 0 Å². The van der Waals surface area contributed by atoms with E-state index in [4.69, 9.17) is 0 Å². The van der Waals surface area contributed by atoms with Crippen LogP contribution in [-0.4, -0.2) is 31.6 Å². The van der Waals surface area contributed by atoms with Crippen LogP contribution in [0.5, 0.6) is 0 Å². The van der Waals surface area contributed by atoms with E-state index in [2.05, 4.69) is 0 Å². The van der Waals surface area contributed by atoms with Crippen molar-refractivity contribution in [3.8, 4) is 0 Å². The lowest BCUT2D eigenvalue weighted by atomic mass is 10.1. The van der Waals surface area contributed by atoms with Gasteiger partial charge in [0.25, 0.3) is 10.0 Å². The van der Waals surface area contributed by atoms with Crippen molar-refractivity contribution in [1.82, 2.24) is 4.31 Å². The number of carbonyl (C=O) groups is 1. The molecule has 1 aromatic rings. The molecule has 0 radical (unpaired) electrons. The number of hydrogen-bond donors (Lipinski definition) is 0. The van der Waals surface area contributed by atoms with Crippen LogP contribution in [0.2, 0.25) is 0 Å². The second-order valence-corrected chi connectivity index (χ2v) is 6.81. The minimum atomic E-state index is -3.46. The Labute approximate surface area is 98.9 Å². The molecule has 0 aromatic carbocycles. The normalized spacial score (nSPS) is 23.1. The molecule has 16 heavy (non-hydrogen) atoms. The molecule has 0 amide bonds. The van der Waals surface area contributed by atoms with Gasteiger partial charge in [-0.2, -0.15) is 4.31 Å². The molecule has 1 saturated heterocycles. The average molecular weight is 259 g/mol. The zero-order valence-electron chi connectivity index (χ0n) is 8.70. The molecular weight excluding hydrogens is 246 g/mol. The average Bonchev–Trinajstić information content (AvgIpc) is 2.83. The Balaban J connectivity index is 2.32. The number of carbonyl (C=O) groups excluding carboxylic acids is 1. The van der Waals surface area contributed by atoms with Gasteiger partial charge in [-0.1, -0.05) is 12.5 Å². The second kappa shape index (κ2) is 4.65. The molecule has 88 valence electrons. The maximum absolute atomic E-state index is 12.2. The first-order chi connectivity index (χ1) is 7.66. The number of aldehydes is 1. The number of hydrogen-bond acceptors (Lipinski definition) is 4. The molecule has 1 unspecified atom stereocenters. The Morgan fingerprint density at radius 1 is 1.44 bits per heavy atom. The highest BCUT2D eigenvalue weighted by Gasteiger charge is 2.33. The molecule has 1 aromatic heterocycles. The van der Waals surface area contributed by atoms with E-state index < -0.39 is 16.1 Å². The van der Waals surface area contributed by atoms with E-state index in [1.165, 1.54) is 15.6 Å². The highest BCUT2D eigenvalue weighted by Crippen LogP contribution is 2.26. The zero-order chi connectivity index (χ0) is 11.6. The van der Waals surface area contributed by atoms with Crippen LogP contribution in [0.1, 0.15) is 19.3 Å². The van der Waals surface area contributed by atoms with Crippen LogP contribution >= 0.6 is 11.3 Å². The van der Waals surface area contributed by atoms with Crippen LogP contribution in [0.25, 0.3) is 0 Å². The summed E-state index contributed by atoms with van der Waals surface area (Å²) in [6.07, 6.45) is 3.12. The monoisotopic (exact) mass is 259 g/mol. The molecule has 0 saturated carbocycles. The van der Waals surface area contributed by atoms with E-state index in [-0.39, 0.29) is 0 Å². The molecule has 1 aliphatic rings. The summed E-state index contributed by atoms with van der Waals surface area (Å²) in [6.45, 7) is 0.448. The minimum absolute atomic E-state index is 0.321. The number of thiophene rings is 1. The Kier molecular flexibility index (Phi) is 3.41. The molecule has 0 spiro atoms. The van der Waals surface area contributed by atoms with Crippen molar-refractivity contribution < 1.29 is 13.2 Å². The molecule has 0 aliphatic carbocycles. The first-order valence-electron chi connectivity index (χ1n) is 5.17. The SMILES string of the molecule is O=CC1CCCCN1S(=O)(=O)c1cccs1. The van der Waals surface area contributed by atoms with Crippen LogP contribution in [0, 0.1) is 0 Å². The standard InChI is InChI=1S/C10H13NO3S2/c12-8-9-4-1-2-6-11(9)16(13,14)10-5-3-7-15-10/h3,5,7-9H,1-2,4,6H2. The Bertz CT molecular complexity index is 452. The van der Waals surface area contributed by atoms with Gasteiger partial charge in [-0.3, -0.25) is 0 Å². The van der Waals surface area contributed by atoms with Gasteiger partial charge in [0.05, 0.1) is 6.04 Å². The lowest BCUT2D eigenvalue weighted by Gasteiger charge is -2.30. The van der Waals surface area contributed by atoms with Crippen molar-refractivity contribution in [2.45, 2.75) is 29.5 Å². The molecule has 0 N–H and O–H groups in total. The third-order valence-electron chi connectivity index (χ3n) is 2.71. The predicted octanol–water partition coefficient (Wildman–Crippen LogP) is 1.49. The fourth-order valence-electron chi connectivity index (χ4n) is 1.89. The molecule has 0 bridgehead atoms. The van der Waals surface area contributed by atoms with Crippen molar-refractivity contribution >= 4 is 27.6 Å². The summed E-state index contributed by atoms with van der Waals surface area (Å²) in [5.41, 5.74) is 0. The van der Waals surface area contributed by atoms with Gasteiger partial charge < -0.3 is 4.79 Å². The fraction of sp³-hybridized carbons (Fsp3) is 0.500. The number of rotatable bonds is 3. The number of piperidine rings is 1.